The van der Waals surface area contributed by atoms with Crippen LogP contribution >= 0.6 is 0 Å². The number of nitrogens with zero attached hydrogens (tertiary/aromatic N) is 3. The van der Waals surface area contributed by atoms with E-state index in [-0.39, 0.29) is 24.9 Å². The number of carbonyl (C=O) groups is 2. The fourth-order valence-corrected chi connectivity index (χ4v) is 2.92. The molecule has 1 aliphatic heterocycles. The number of benzene rings is 1. The summed E-state index contributed by atoms with van der Waals surface area (Å²) in [5, 5.41) is 3.11. The van der Waals surface area contributed by atoms with Gasteiger partial charge in [0.25, 0.3) is 0 Å². The van der Waals surface area contributed by atoms with Crippen molar-refractivity contribution in [2.75, 3.05) is 26.7 Å². The quantitative estimate of drug-likeness (QED) is 0.455. The van der Waals surface area contributed by atoms with Crippen LogP contribution in [-0.4, -0.2) is 54.3 Å². The summed E-state index contributed by atoms with van der Waals surface area (Å²) in [5.74, 6) is 0.212. The minimum absolute atomic E-state index is 0.172. The summed E-state index contributed by atoms with van der Waals surface area (Å²) in [6.07, 6.45) is -3.01. The number of hydrogen-bond donors (Lipinski definition) is 1. The van der Waals surface area contributed by atoms with E-state index in [1.807, 2.05) is 6.92 Å². The molecule has 1 aromatic carbocycles. The van der Waals surface area contributed by atoms with Gasteiger partial charge in [-0.15, -0.1) is 0 Å². The number of piperidine rings is 1. The number of hydrogen-bond acceptors (Lipinski definition) is 3. The summed E-state index contributed by atoms with van der Waals surface area (Å²) < 4.78 is 38.0. The van der Waals surface area contributed by atoms with Crippen LogP contribution in [0, 0.1) is 0 Å². The van der Waals surface area contributed by atoms with Gasteiger partial charge in [-0.2, -0.15) is 13.2 Å². The first-order valence-corrected chi connectivity index (χ1v) is 9.21. The third-order valence-electron chi connectivity index (χ3n) is 4.37. The van der Waals surface area contributed by atoms with Crippen molar-refractivity contribution in [1.29, 1.82) is 0 Å². The second kappa shape index (κ2) is 9.57. The predicted octanol–water partition coefficient (Wildman–Crippen LogP) is 2.64. The molecule has 1 fully saturated rings. The Hall–Kier alpha value is -2.58. The molecule has 6 nitrogen and oxygen atoms in total. The van der Waals surface area contributed by atoms with Crippen LogP contribution in [0.25, 0.3) is 0 Å². The van der Waals surface area contributed by atoms with Crippen molar-refractivity contribution >= 4 is 17.8 Å². The van der Waals surface area contributed by atoms with Crippen LogP contribution in [0.15, 0.2) is 29.3 Å². The Morgan fingerprint density at radius 1 is 1.18 bits per heavy atom. The Kier molecular flexibility index (Phi) is 7.42. The van der Waals surface area contributed by atoms with E-state index in [4.69, 9.17) is 0 Å². The van der Waals surface area contributed by atoms with Gasteiger partial charge in [0.05, 0.1) is 12.1 Å². The zero-order chi connectivity index (χ0) is 20.7. The van der Waals surface area contributed by atoms with Gasteiger partial charge < -0.3 is 10.2 Å². The molecule has 154 valence electrons. The topological polar surface area (TPSA) is 65.0 Å². The highest BCUT2D eigenvalue weighted by molar-refractivity contribution is 5.97. The monoisotopic (exact) mass is 398 g/mol. The van der Waals surface area contributed by atoms with Crippen LogP contribution in [-0.2, 0) is 22.3 Å². The Labute approximate surface area is 162 Å². The van der Waals surface area contributed by atoms with Crippen molar-refractivity contribution in [2.24, 2.45) is 4.99 Å². The van der Waals surface area contributed by atoms with Crippen molar-refractivity contribution in [1.82, 2.24) is 15.1 Å². The zero-order valence-electron chi connectivity index (χ0n) is 16.1. The van der Waals surface area contributed by atoms with Gasteiger partial charge in [-0.05, 0) is 31.0 Å². The summed E-state index contributed by atoms with van der Waals surface area (Å²) >= 11 is 0. The molecule has 0 spiro atoms. The summed E-state index contributed by atoms with van der Waals surface area (Å²) in [6, 6.07) is 4.99. The smallest absolute Gasteiger partial charge is 0.357 e. The first-order valence-electron chi connectivity index (χ1n) is 9.21. The molecule has 2 rings (SSSR count). The van der Waals surface area contributed by atoms with E-state index in [0.29, 0.717) is 43.9 Å². The molecule has 1 aromatic rings. The van der Waals surface area contributed by atoms with E-state index >= 15 is 0 Å². The van der Waals surface area contributed by atoms with Gasteiger partial charge in [-0.1, -0.05) is 12.1 Å². The number of halogens is 3. The molecule has 9 heteroatoms. The van der Waals surface area contributed by atoms with E-state index in [9.17, 15) is 22.8 Å². The maximum absolute atomic E-state index is 12.7. The Balaban J connectivity index is 1.98. The molecule has 1 saturated heterocycles. The highest BCUT2D eigenvalue weighted by Crippen LogP contribution is 2.29. The van der Waals surface area contributed by atoms with E-state index in [2.05, 4.69) is 10.3 Å². The van der Waals surface area contributed by atoms with Crippen LogP contribution in [0.1, 0.15) is 37.3 Å². The minimum Gasteiger partial charge on any atom is -0.357 e. The lowest BCUT2D eigenvalue weighted by atomic mass is 10.1. The largest absolute Gasteiger partial charge is 0.416 e. The molecule has 0 unspecified atom stereocenters. The van der Waals surface area contributed by atoms with Crippen molar-refractivity contribution < 1.29 is 22.8 Å². The van der Waals surface area contributed by atoms with E-state index in [0.717, 1.165) is 12.1 Å². The van der Waals surface area contributed by atoms with Crippen LogP contribution in [0.5, 0.6) is 0 Å². The maximum Gasteiger partial charge on any atom is 0.416 e. The zero-order valence-corrected chi connectivity index (χ0v) is 16.1. The fraction of sp³-hybridized carbons (Fsp3) is 0.526. The van der Waals surface area contributed by atoms with E-state index in [1.165, 1.54) is 17.0 Å². The number of carbonyl (C=O) groups excluding carboxylic acids is 2. The second-order valence-electron chi connectivity index (χ2n) is 6.58. The summed E-state index contributed by atoms with van der Waals surface area (Å²) in [6.45, 7) is 3.36. The summed E-state index contributed by atoms with van der Waals surface area (Å²) in [4.78, 5) is 31.1. The Bertz CT molecular complexity index is 701. The number of aliphatic imine (C=N–C) groups is 1. The normalized spacial score (nSPS) is 15.8. The third kappa shape index (κ3) is 5.97. The summed E-state index contributed by atoms with van der Waals surface area (Å²) in [7, 11) is 1.77. The standard InChI is InChI=1S/C19H25F3N4O2/c1-3-23-18(24-11-12-26-16(27)5-4-6-17(26)28)25(2)13-14-7-9-15(10-8-14)19(20,21)22/h7-10H,3-6,11-13H2,1-2H3,(H,23,24). The van der Waals surface area contributed by atoms with Gasteiger partial charge in [0.15, 0.2) is 5.96 Å². The highest BCUT2D eigenvalue weighted by atomic mass is 19.4. The molecule has 0 aromatic heterocycles. The van der Waals surface area contributed by atoms with E-state index in [1.54, 1.807) is 11.9 Å². The van der Waals surface area contributed by atoms with Crippen molar-refractivity contribution in [3.8, 4) is 0 Å². The van der Waals surface area contributed by atoms with Crippen molar-refractivity contribution in [3.05, 3.63) is 35.4 Å². The van der Waals surface area contributed by atoms with Gasteiger partial charge in [0, 0.05) is 39.5 Å². The maximum atomic E-state index is 12.7. The molecule has 1 heterocycles. The average molecular weight is 398 g/mol. The number of nitrogens with one attached hydrogen (secondary N) is 1. The van der Waals surface area contributed by atoms with Gasteiger partial charge in [0.2, 0.25) is 11.8 Å². The Morgan fingerprint density at radius 2 is 1.79 bits per heavy atom. The number of amides is 2. The van der Waals surface area contributed by atoms with Crippen molar-refractivity contribution in [2.45, 2.75) is 38.9 Å². The highest BCUT2D eigenvalue weighted by Gasteiger charge is 2.30. The molecular weight excluding hydrogens is 373 g/mol. The van der Waals surface area contributed by atoms with Crippen molar-refractivity contribution in [3.63, 3.8) is 0 Å². The molecule has 0 atom stereocenters. The first-order chi connectivity index (χ1) is 13.2. The number of imide groups is 1. The molecule has 1 aliphatic rings. The van der Waals surface area contributed by atoms with Gasteiger partial charge in [-0.25, -0.2) is 0 Å². The molecule has 0 bridgehead atoms. The number of alkyl halides is 3. The van der Waals surface area contributed by atoms with E-state index < -0.39 is 11.7 Å². The molecule has 2 amide bonds. The molecule has 28 heavy (non-hydrogen) atoms. The van der Waals surface area contributed by atoms with Crippen LogP contribution in [0.2, 0.25) is 0 Å². The van der Waals surface area contributed by atoms with Gasteiger partial charge >= 0.3 is 6.18 Å². The Morgan fingerprint density at radius 3 is 2.32 bits per heavy atom. The molecule has 0 radical (unpaired) electrons. The number of likely N-dealkylation sites (tertiary alicyclic amines) is 1. The lowest BCUT2D eigenvalue weighted by molar-refractivity contribution is -0.147. The van der Waals surface area contributed by atoms with Gasteiger partial charge in [0.1, 0.15) is 0 Å². The predicted molar refractivity (Wildman–Crippen MR) is 99.5 cm³/mol. The van der Waals surface area contributed by atoms with Gasteiger partial charge in [-0.3, -0.25) is 19.5 Å². The fourth-order valence-electron chi connectivity index (χ4n) is 2.92. The third-order valence-corrected chi connectivity index (χ3v) is 4.37. The number of rotatable bonds is 6. The number of guanidine groups is 1. The molecular formula is C19H25F3N4O2. The molecule has 1 N–H and O–H groups in total. The van der Waals surface area contributed by atoms with Crippen LogP contribution < -0.4 is 5.32 Å². The summed E-state index contributed by atoms with van der Waals surface area (Å²) in [5.41, 5.74) is 0.0258. The SMILES string of the molecule is CCNC(=NCCN1C(=O)CCCC1=O)N(C)Cc1ccc(C(F)(F)F)cc1. The molecule has 0 aliphatic carbocycles. The van der Waals surface area contributed by atoms with Crippen LogP contribution in [0.4, 0.5) is 13.2 Å². The lowest BCUT2D eigenvalue weighted by Crippen LogP contribution is -2.42. The second-order valence-corrected chi connectivity index (χ2v) is 6.58. The average Bonchev–Trinajstić information content (AvgIpc) is 2.63. The minimum atomic E-state index is -4.36. The van der Waals surface area contributed by atoms with Crippen LogP contribution in [0.3, 0.4) is 0 Å². The molecule has 0 saturated carbocycles. The lowest BCUT2D eigenvalue weighted by Gasteiger charge is -2.25. The first kappa shape index (κ1) is 21.7.